The number of furan rings is 1. The monoisotopic (exact) mass is 692 g/mol. The first-order valence-electron chi connectivity index (χ1n) is 18.3. The number of rotatable bonds is 4. The van der Waals surface area contributed by atoms with Crippen molar-refractivity contribution < 1.29 is 4.42 Å². The van der Waals surface area contributed by atoms with Crippen LogP contribution in [-0.4, -0.2) is 19.9 Å². The van der Waals surface area contributed by atoms with Gasteiger partial charge in [0.2, 0.25) is 0 Å². The van der Waals surface area contributed by atoms with Crippen molar-refractivity contribution in [2.45, 2.75) is 19.3 Å². The van der Waals surface area contributed by atoms with Gasteiger partial charge in [0.25, 0.3) is 0 Å². The van der Waals surface area contributed by atoms with E-state index in [-0.39, 0.29) is 5.41 Å². The van der Waals surface area contributed by atoms with Gasteiger partial charge < -0.3 is 4.42 Å². The van der Waals surface area contributed by atoms with Gasteiger partial charge in [-0.2, -0.15) is 0 Å². The molecular weight excluding hydrogens is 661 g/mol. The normalized spacial score (nSPS) is 13.1. The Bertz CT molecular complexity index is 3140. The molecule has 7 aromatic carbocycles. The molecule has 0 saturated heterocycles. The molecule has 0 aliphatic heterocycles. The van der Waals surface area contributed by atoms with Crippen LogP contribution in [0.5, 0.6) is 0 Å². The molecule has 11 rings (SSSR count). The highest BCUT2D eigenvalue weighted by atomic mass is 16.3. The van der Waals surface area contributed by atoms with Crippen molar-refractivity contribution in [2.24, 2.45) is 0 Å². The van der Waals surface area contributed by atoms with Crippen molar-refractivity contribution in [2.75, 3.05) is 0 Å². The number of nitrogens with zero attached hydrogens (tertiary/aromatic N) is 4. The Balaban J connectivity index is 1.06. The van der Waals surface area contributed by atoms with Crippen LogP contribution in [0.25, 0.3) is 100 Å². The molecule has 0 unspecified atom stereocenters. The summed E-state index contributed by atoms with van der Waals surface area (Å²) in [5.74, 6) is 1.90. The molecule has 0 bridgehead atoms. The average Bonchev–Trinajstić information content (AvgIpc) is 3.72. The summed E-state index contributed by atoms with van der Waals surface area (Å²) in [7, 11) is 0. The summed E-state index contributed by atoms with van der Waals surface area (Å²) in [5, 5.41) is 5.41. The predicted octanol–water partition coefficient (Wildman–Crippen LogP) is 12.4. The Labute approximate surface area is 311 Å². The lowest BCUT2D eigenvalue weighted by atomic mass is 9.82. The van der Waals surface area contributed by atoms with E-state index in [9.17, 15) is 0 Å². The smallest absolute Gasteiger partial charge is 0.164 e. The van der Waals surface area contributed by atoms with E-state index < -0.39 is 0 Å². The van der Waals surface area contributed by atoms with Gasteiger partial charge in [0.1, 0.15) is 11.1 Å². The quantitative estimate of drug-likeness (QED) is 0.184. The highest BCUT2D eigenvalue weighted by molar-refractivity contribution is 6.16. The van der Waals surface area contributed by atoms with Crippen LogP contribution in [0.3, 0.4) is 0 Å². The van der Waals surface area contributed by atoms with Gasteiger partial charge in [-0.1, -0.05) is 147 Å². The zero-order chi connectivity index (χ0) is 36.0. The SMILES string of the molecule is CC1(C)c2ccccc2-c2ccc(-c3nc(-c4ccc(-c5nc6c7ccccc7oc6c6ccccc56)cc4)nc(-c4ccc5ccccc5c4)n3)cc21. The van der Waals surface area contributed by atoms with Gasteiger partial charge in [-0.3, -0.25) is 0 Å². The molecule has 0 spiro atoms. The maximum absolute atomic E-state index is 6.32. The van der Waals surface area contributed by atoms with E-state index in [0.717, 1.165) is 66.2 Å². The molecule has 0 N–H and O–H groups in total. The lowest BCUT2D eigenvalue weighted by Gasteiger charge is -2.21. The molecule has 254 valence electrons. The maximum Gasteiger partial charge on any atom is 0.164 e. The number of pyridine rings is 1. The van der Waals surface area contributed by atoms with Crippen LogP contribution in [0.4, 0.5) is 0 Å². The summed E-state index contributed by atoms with van der Waals surface area (Å²) in [6.07, 6.45) is 0. The van der Waals surface area contributed by atoms with Crippen molar-refractivity contribution >= 4 is 43.6 Å². The molecular formula is C49H32N4O. The van der Waals surface area contributed by atoms with E-state index in [1.807, 2.05) is 24.3 Å². The summed E-state index contributed by atoms with van der Waals surface area (Å²) in [6, 6.07) is 55.0. The zero-order valence-electron chi connectivity index (χ0n) is 29.7. The highest BCUT2D eigenvalue weighted by Crippen LogP contribution is 2.49. The topological polar surface area (TPSA) is 64.7 Å². The Kier molecular flexibility index (Phi) is 6.53. The maximum atomic E-state index is 6.32. The summed E-state index contributed by atoms with van der Waals surface area (Å²) in [4.78, 5) is 20.6. The minimum Gasteiger partial charge on any atom is -0.454 e. The molecule has 0 radical (unpaired) electrons. The number of para-hydroxylation sites is 1. The highest BCUT2D eigenvalue weighted by Gasteiger charge is 2.35. The van der Waals surface area contributed by atoms with E-state index in [0.29, 0.717) is 17.5 Å². The lowest BCUT2D eigenvalue weighted by molar-refractivity contribution is 0.660. The molecule has 0 atom stereocenters. The fourth-order valence-corrected chi connectivity index (χ4v) is 8.32. The minimum absolute atomic E-state index is 0.140. The molecule has 5 nitrogen and oxygen atoms in total. The van der Waals surface area contributed by atoms with Crippen molar-refractivity contribution in [3.05, 3.63) is 169 Å². The second-order valence-corrected chi connectivity index (χ2v) is 14.7. The van der Waals surface area contributed by atoms with Gasteiger partial charge in [0.15, 0.2) is 23.1 Å². The van der Waals surface area contributed by atoms with Crippen LogP contribution in [0, 0.1) is 0 Å². The molecule has 1 aliphatic carbocycles. The van der Waals surface area contributed by atoms with Crippen molar-refractivity contribution in [1.82, 2.24) is 19.9 Å². The van der Waals surface area contributed by atoms with Crippen molar-refractivity contribution in [3.8, 4) is 56.5 Å². The number of hydrogen-bond donors (Lipinski definition) is 0. The van der Waals surface area contributed by atoms with Crippen LogP contribution < -0.4 is 0 Å². The first-order chi connectivity index (χ1) is 26.5. The third-order valence-corrected chi connectivity index (χ3v) is 11.1. The van der Waals surface area contributed by atoms with Crippen molar-refractivity contribution in [3.63, 3.8) is 0 Å². The Morgan fingerprint density at radius 3 is 1.81 bits per heavy atom. The average molecular weight is 693 g/mol. The molecule has 0 saturated carbocycles. The fourth-order valence-electron chi connectivity index (χ4n) is 8.32. The van der Waals surface area contributed by atoms with E-state index >= 15 is 0 Å². The molecule has 3 heterocycles. The second kappa shape index (κ2) is 11.5. The van der Waals surface area contributed by atoms with Gasteiger partial charge in [-0.15, -0.1) is 0 Å². The van der Waals surface area contributed by atoms with Gasteiger partial charge >= 0.3 is 0 Å². The standard InChI is InChI=1S/C49H32N4O/c1-49(2)40-17-9-7-13-35(40)36-26-25-34(28-41(36)49)48-52-46(51-47(53-48)33-24-19-29-11-3-4-12-32(29)27-33)31-22-20-30(21-23-31)43-37-14-5-6-15-38(37)45-44(50-43)39-16-8-10-18-42(39)54-45/h3-28H,1-2H3. The summed E-state index contributed by atoms with van der Waals surface area (Å²) < 4.78 is 6.32. The third-order valence-electron chi connectivity index (χ3n) is 11.1. The fraction of sp³-hybridized carbons (Fsp3) is 0.0612. The van der Waals surface area contributed by atoms with Crippen LogP contribution in [0.15, 0.2) is 162 Å². The van der Waals surface area contributed by atoms with Gasteiger partial charge in [0, 0.05) is 43.8 Å². The summed E-state index contributed by atoms with van der Waals surface area (Å²) in [5.41, 5.74) is 12.3. The molecule has 0 fully saturated rings. The number of aromatic nitrogens is 4. The number of benzene rings is 7. The molecule has 5 heteroatoms. The van der Waals surface area contributed by atoms with Gasteiger partial charge in [-0.25, -0.2) is 19.9 Å². The van der Waals surface area contributed by atoms with E-state index in [1.165, 1.54) is 27.6 Å². The first-order valence-corrected chi connectivity index (χ1v) is 18.3. The Morgan fingerprint density at radius 1 is 0.426 bits per heavy atom. The molecule has 10 aromatic rings. The number of hydrogen-bond acceptors (Lipinski definition) is 5. The van der Waals surface area contributed by atoms with Crippen LogP contribution in [0.1, 0.15) is 25.0 Å². The largest absolute Gasteiger partial charge is 0.454 e. The van der Waals surface area contributed by atoms with Crippen LogP contribution >= 0.6 is 0 Å². The molecule has 0 amide bonds. The Morgan fingerprint density at radius 2 is 1.00 bits per heavy atom. The van der Waals surface area contributed by atoms with Crippen LogP contribution in [0.2, 0.25) is 0 Å². The Hall–Kier alpha value is -6.98. The molecule has 1 aliphatic rings. The second-order valence-electron chi connectivity index (χ2n) is 14.7. The van der Waals surface area contributed by atoms with Crippen LogP contribution in [-0.2, 0) is 5.41 Å². The minimum atomic E-state index is -0.140. The summed E-state index contributed by atoms with van der Waals surface area (Å²) in [6.45, 7) is 4.60. The lowest BCUT2D eigenvalue weighted by Crippen LogP contribution is -2.15. The van der Waals surface area contributed by atoms with Crippen molar-refractivity contribution in [1.29, 1.82) is 0 Å². The molecule has 54 heavy (non-hydrogen) atoms. The van der Waals surface area contributed by atoms with Gasteiger partial charge in [0.05, 0.1) is 5.69 Å². The van der Waals surface area contributed by atoms with Gasteiger partial charge in [-0.05, 0) is 57.3 Å². The predicted molar refractivity (Wildman–Crippen MR) is 219 cm³/mol. The van der Waals surface area contributed by atoms with E-state index in [2.05, 4.69) is 147 Å². The summed E-state index contributed by atoms with van der Waals surface area (Å²) >= 11 is 0. The van der Waals surface area contributed by atoms with E-state index in [4.69, 9.17) is 24.4 Å². The van der Waals surface area contributed by atoms with E-state index in [1.54, 1.807) is 0 Å². The zero-order valence-corrected chi connectivity index (χ0v) is 29.7. The third kappa shape index (κ3) is 4.65. The number of fused-ring (bicyclic) bond motifs is 9. The molecule has 3 aromatic heterocycles. The first kappa shape index (κ1) is 30.6.